The topological polar surface area (TPSA) is 92.5 Å². The summed E-state index contributed by atoms with van der Waals surface area (Å²) in [5, 5.41) is 2.66. The molecule has 2 rings (SSSR count). The van der Waals surface area contributed by atoms with Gasteiger partial charge in [-0.05, 0) is 24.1 Å². The first-order chi connectivity index (χ1) is 9.32. The number of hydrogen-bond acceptors (Lipinski definition) is 4. The molecular formula is C14H17N3O3. The normalized spacial score (nSPS) is 15.6. The summed E-state index contributed by atoms with van der Waals surface area (Å²) >= 11 is 0. The van der Waals surface area contributed by atoms with Crippen LogP contribution in [0.1, 0.15) is 34.6 Å². The van der Waals surface area contributed by atoms with E-state index in [4.69, 9.17) is 5.73 Å². The molecule has 106 valence electrons. The molecule has 0 saturated carbocycles. The fourth-order valence-corrected chi connectivity index (χ4v) is 1.97. The molecular weight excluding hydrogens is 258 g/mol. The van der Waals surface area contributed by atoms with E-state index >= 15 is 0 Å². The Morgan fingerprint density at radius 1 is 1.20 bits per heavy atom. The summed E-state index contributed by atoms with van der Waals surface area (Å²) in [5.74, 6) is -1.00. The van der Waals surface area contributed by atoms with Crippen LogP contribution >= 0.6 is 0 Å². The summed E-state index contributed by atoms with van der Waals surface area (Å²) in [6, 6.07) is 4.01. The van der Waals surface area contributed by atoms with E-state index in [0.29, 0.717) is 16.8 Å². The second-order valence-corrected chi connectivity index (χ2v) is 5.19. The number of nitrogens with one attached hydrogen (secondary N) is 1. The number of anilines is 1. The number of amides is 3. The van der Waals surface area contributed by atoms with Crippen LogP contribution in [0.3, 0.4) is 0 Å². The zero-order valence-electron chi connectivity index (χ0n) is 11.6. The van der Waals surface area contributed by atoms with Crippen LogP contribution in [0.25, 0.3) is 0 Å². The molecule has 0 saturated heterocycles. The second kappa shape index (κ2) is 5.05. The van der Waals surface area contributed by atoms with Crippen molar-refractivity contribution in [3.8, 4) is 0 Å². The van der Waals surface area contributed by atoms with Crippen molar-refractivity contribution < 1.29 is 14.4 Å². The van der Waals surface area contributed by atoms with Gasteiger partial charge in [0, 0.05) is 12.7 Å². The van der Waals surface area contributed by atoms with Gasteiger partial charge in [-0.15, -0.1) is 0 Å². The molecule has 1 aromatic carbocycles. The predicted octanol–water partition coefficient (Wildman–Crippen LogP) is 0.834. The van der Waals surface area contributed by atoms with Gasteiger partial charge in [0.2, 0.25) is 5.91 Å². The van der Waals surface area contributed by atoms with Crippen LogP contribution in [-0.4, -0.2) is 35.7 Å². The molecule has 20 heavy (non-hydrogen) atoms. The summed E-state index contributed by atoms with van der Waals surface area (Å²) in [4.78, 5) is 36.5. The van der Waals surface area contributed by atoms with Crippen molar-refractivity contribution in [2.75, 3.05) is 12.4 Å². The number of carbonyl (C=O) groups is 3. The van der Waals surface area contributed by atoms with Crippen LogP contribution in [0.15, 0.2) is 18.2 Å². The Morgan fingerprint density at radius 3 is 2.40 bits per heavy atom. The monoisotopic (exact) mass is 275 g/mol. The first-order valence-electron chi connectivity index (χ1n) is 6.35. The largest absolute Gasteiger partial charge is 0.325 e. The number of carbonyl (C=O) groups excluding carboxylic acids is 3. The Labute approximate surface area is 116 Å². The lowest BCUT2D eigenvalue weighted by molar-refractivity contribution is -0.118. The van der Waals surface area contributed by atoms with Gasteiger partial charge in [-0.1, -0.05) is 13.8 Å². The minimum absolute atomic E-state index is 0.0128. The van der Waals surface area contributed by atoms with Crippen LogP contribution < -0.4 is 11.1 Å². The number of fused-ring (bicyclic) bond motifs is 1. The van der Waals surface area contributed by atoms with Crippen LogP contribution in [-0.2, 0) is 4.79 Å². The van der Waals surface area contributed by atoms with E-state index in [9.17, 15) is 14.4 Å². The quantitative estimate of drug-likeness (QED) is 0.799. The van der Waals surface area contributed by atoms with E-state index < -0.39 is 6.04 Å². The minimum atomic E-state index is -0.622. The maximum Gasteiger partial charge on any atom is 0.261 e. The van der Waals surface area contributed by atoms with Crippen molar-refractivity contribution >= 4 is 23.4 Å². The molecule has 6 nitrogen and oxygen atoms in total. The Balaban J connectivity index is 2.24. The molecule has 1 aromatic rings. The number of benzene rings is 1. The van der Waals surface area contributed by atoms with Crippen molar-refractivity contribution in [3.05, 3.63) is 29.3 Å². The molecule has 1 aliphatic heterocycles. The van der Waals surface area contributed by atoms with Gasteiger partial charge >= 0.3 is 0 Å². The van der Waals surface area contributed by atoms with Gasteiger partial charge in [0.25, 0.3) is 11.8 Å². The zero-order valence-corrected chi connectivity index (χ0v) is 11.6. The molecule has 0 aliphatic carbocycles. The Kier molecular flexibility index (Phi) is 3.59. The molecule has 3 N–H and O–H groups in total. The van der Waals surface area contributed by atoms with Crippen LogP contribution in [0.5, 0.6) is 0 Å². The number of nitrogens with two attached hydrogens (primary N) is 1. The number of imide groups is 1. The van der Waals surface area contributed by atoms with E-state index in [1.807, 2.05) is 13.8 Å². The predicted molar refractivity (Wildman–Crippen MR) is 74.3 cm³/mol. The number of rotatable bonds is 3. The smallest absolute Gasteiger partial charge is 0.261 e. The Bertz CT molecular complexity index is 595. The Morgan fingerprint density at radius 2 is 1.80 bits per heavy atom. The fourth-order valence-electron chi connectivity index (χ4n) is 1.97. The summed E-state index contributed by atoms with van der Waals surface area (Å²) in [5.41, 5.74) is 6.86. The maximum atomic E-state index is 11.9. The van der Waals surface area contributed by atoms with Gasteiger partial charge < -0.3 is 11.1 Å². The highest BCUT2D eigenvalue weighted by Crippen LogP contribution is 2.24. The van der Waals surface area contributed by atoms with E-state index in [1.54, 1.807) is 6.07 Å². The molecule has 0 unspecified atom stereocenters. The highest BCUT2D eigenvalue weighted by molar-refractivity contribution is 6.21. The molecule has 0 spiro atoms. The third-order valence-electron chi connectivity index (χ3n) is 3.38. The highest BCUT2D eigenvalue weighted by atomic mass is 16.2. The van der Waals surface area contributed by atoms with Crippen molar-refractivity contribution in [1.82, 2.24) is 4.90 Å². The Hall–Kier alpha value is -2.21. The summed E-state index contributed by atoms with van der Waals surface area (Å²) in [6.45, 7) is 3.70. The van der Waals surface area contributed by atoms with Crippen molar-refractivity contribution in [2.45, 2.75) is 19.9 Å². The molecule has 1 atom stereocenters. The molecule has 1 aliphatic rings. The standard InChI is InChI=1S/C14H17N3O3/c1-7(2)11(15)12(18)16-8-4-5-9-10(6-8)14(20)17(3)13(9)19/h4-7,11H,15H2,1-3H3,(H,16,18)/t11-/m1/s1. The van der Waals surface area contributed by atoms with Crippen molar-refractivity contribution in [1.29, 1.82) is 0 Å². The van der Waals surface area contributed by atoms with Gasteiger partial charge in [-0.3, -0.25) is 19.3 Å². The lowest BCUT2D eigenvalue weighted by atomic mass is 10.0. The van der Waals surface area contributed by atoms with Crippen LogP contribution in [0, 0.1) is 5.92 Å². The molecule has 0 fully saturated rings. The fraction of sp³-hybridized carbons (Fsp3) is 0.357. The molecule has 0 aromatic heterocycles. The van der Waals surface area contributed by atoms with E-state index in [0.717, 1.165) is 4.90 Å². The van der Waals surface area contributed by atoms with Gasteiger partial charge in [0.05, 0.1) is 17.2 Å². The number of hydrogen-bond donors (Lipinski definition) is 2. The number of nitrogens with zero attached hydrogens (tertiary/aromatic N) is 1. The van der Waals surface area contributed by atoms with Crippen LogP contribution in [0.2, 0.25) is 0 Å². The summed E-state index contributed by atoms with van der Waals surface area (Å²) in [6.07, 6.45) is 0. The molecule has 0 radical (unpaired) electrons. The van der Waals surface area contributed by atoms with Gasteiger partial charge in [0.1, 0.15) is 0 Å². The molecule has 3 amide bonds. The van der Waals surface area contributed by atoms with Crippen molar-refractivity contribution in [2.24, 2.45) is 11.7 Å². The second-order valence-electron chi connectivity index (χ2n) is 5.19. The average molecular weight is 275 g/mol. The van der Waals surface area contributed by atoms with Gasteiger partial charge in [-0.25, -0.2) is 0 Å². The lowest BCUT2D eigenvalue weighted by Crippen LogP contribution is -2.39. The molecule has 1 heterocycles. The van der Waals surface area contributed by atoms with Crippen LogP contribution in [0.4, 0.5) is 5.69 Å². The van der Waals surface area contributed by atoms with E-state index in [2.05, 4.69) is 5.32 Å². The molecule has 6 heteroatoms. The third kappa shape index (κ3) is 2.30. The zero-order chi connectivity index (χ0) is 15.0. The lowest BCUT2D eigenvalue weighted by Gasteiger charge is -2.15. The molecule has 0 bridgehead atoms. The van der Waals surface area contributed by atoms with Crippen molar-refractivity contribution in [3.63, 3.8) is 0 Å². The summed E-state index contributed by atoms with van der Waals surface area (Å²) < 4.78 is 0. The summed E-state index contributed by atoms with van der Waals surface area (Å²) in [7, 11) is 1.43. The van der Waals surface area contributed by atoms with Gasteiger partial charge in [0.15, 0.2) is 0 Å². The third-order valence-corrected chi connectivity index (χ3v) is 3.38. The first kappa shape index (κ1) is 14.2. The van der Waals surface area contributed by atoms with E-state index in [1.165, 1.54) is 19.2 Å². The maximum absolute atomic E-state index is 11.9. The highest BCUT2D eigenvalue weighted by Gasteiger charge is 2.32. The average Bonchev–Trinajstić information content (AvgIpc) is 2.62. The van der Waals surface area contributed by atoms with Gasteiger partial charge in [-0.2, -0.15) is 0 Å². The minimum Gasteiger partial charge on any atom is -0.325 e. The SMILES string of the molecule is CC(C)[C@@H](N)C(=O)Nc1ccc2c(c1)C(=O)N(C)C2=O. The van der Waals surface area contributed by atoms with E-state index in [-0.39, 0.29) is 23.6 Å². The first-order valence-corrected chi connectivity index (χ1v) is 6.35.